The lowest BCUT2D eigenvalue weighted by atomic mass is 10.3. The fraction of sp³-hybridized carbons (Fsp3) is 0.111. The zero-order valence-electron chi connectivity index (χ0n) is 15.4. The maximum absolute atomic E-state index is 12.4. The molecule has 0 aromatic carbocycles. The third-order valence-corrected chi connectivity index (χ3v) is 4.89. The molecule has 0 bridgehead atoms. The molecular weight excluding hydrogens is 412 g/mol. The number of H-pyrrole nitrogens is 1. The molecule has 152 valence electrons. The molecular formula is C18H14N6O5S. The third-order valence-electron chi connectivity index (χ3n) is 3.91. The first kappa shape index (κ1) is 19.3. The van der Waals surface area contributed by atoms with Crippen molar-refractivity contribution in [3.63, 3.8) is 0 Å². The van der Waals surface area contributed by atoms with E-state index in [1.54, 1.807) is 12.1 Å². The molecule has 0 saturated heterocycles. The van der Waals surface area contributed by atoms with Crippen LogP contribution in [0.25, 0.3) is 11.2 Å². The molecule has 0 fully saturated rings. The number of carbonyl (C=O) groups is 3. The highest BCUT2D eigenvalue weighted by molar-refractivity contribution is 7.18. The Morgan fingerprint density at radius 1 is 1.17 bits per heavy atom. The molecule has 4 rings (SSSR count). The summed E-state index contributed by atoms with van der Waals surface area (Å²) in [6, 6.07) is 6.17. The van der Waals surface area contributed by atoms with Gasteiger partial charge in [-0.2, -0.15) is 0 Å². The number of amides is 2. The molecule has 12 heteroatoms. The van der Waals surface area contributed by atoms with Gasteiger partial charge in [-0.05, 0) is 31.2 Å². The Morgan fingerprint density at radius 3 is 2.83 bits per heavy atom. The standard InChI is InChI=1S/C18H14N6O5S/c1-9(16(25)24-15-13-14(20-7-19-13)21-8-22-15)29-18(27)11-4-5-12(30-11)23-17(26)10-3-2-6-28-10/h2-9H,1H3,(H,23,26)(H2,19,20,21,22,24,25). The first-order valence-corrected chi connectivity index (χ1v) is 9.43. The molecule has 3 N–H and O–H groups in total. The van der Waals surface area contributed by atoms with Gasteiger partial charge < -0.3 is 24.8 Å². The summed E-state index contributed by atoms with van der Waals surface area (Å²) in [5.74, 6) is -1.33. The summed E-state index contributed by atoms with van der Waals surface area (Å²) in [6.45, 7) is 1.44. The number of anilines is 2. The van der Waals surface area contributed by atoms with Gasteiger partial charge in [0.15, 0.2) is 23.3 Å². The number of esters is 1. The third kappa shape index (κ3) is 4.03. The molecule has 0 radical (unpaired) electrons. The molecule has 4 aromatic heterocycles. The second-order valence-electron chi connectivity index (χ2n) is 5.96. The van der Waals surface area contributed by atoms with Crippen molar-refractivity contribution in [3.05, 3.63) is 53.8 Å². The Bertz CT molecular complexity index is 1210. The van der Waals surface area contributed by atoms with Gasteiger partial charge in [-0.1, -0.05) is 0 Å². The van der Waals surface area contributed by atoms with E-state index in [9.17, 15) is 14.4 Å². The summed E-state index contributed by atoms with van der Waals surface area (Å²) >= 11 is 1.01. The fourth-order valence-electron chi connectivity index (χ4n) is 2.45. The molecule has 11 nitrogen and oxygen atoms in total. The Morgan fingerprint density at radius 2 is 2.03 bits per heavy atom. The second-order valence-corrected chi connectivity index (χ2v) is 7.04. The predicted octanol–water partition coefficient (Wildman–Crippen LogP) is 2.44. The first-order valence-electron chi connectivity index (χ1n) is 8.62. The van der Waals surface area contributed by atoms with Crippen molar-refractivity contribution in [3.8, 4) is 0 Å². The van der Waals surface area contributed by atoms with E-state index < -0.39 is 23.9 Å². The van der Waals surface area contributed by atoms with Gasteiger partial charge in [0.2, 0.25) is 0 Å². The SMILES string of the molecule is CC(OC(=O)c1ccc(NC(=O)c2ccco2)s1)C(=O)Nc1ncnc2nc[nH]c12. The van der Waals surface area contributed by atoms with Crippen LogP contribution in [0.3, 0.4) is 0 Å². The summed E-state index contributed by atoms with van der Waals surface area (Å²) in [6.07, 6.45) is 2.99. The molecule has 4 heterocycles. The van der Waals surface area contributed by atoms with E-state index in [2.05, 4.69) is 30.6 Å². The Balaban J connectivity index is 1.36. The second kappa shape index (κ2) is 8.13. The van der Waals surface area contributed by atoms with E-state index in [0.717, 1.165) is 11.3 Å². The van der Waals surface area contributed by atoms with E-state index in [0.29, 0.717) is 16.2 Å². The first-order chi connectivity index (χ1) is 14.5. The van der Waals surface area contributed by atoms with Gasteiger partial charge in [0.05, 0.1) is 17.6 Å². The number of ether oxygens (including phenoxy) is 1. The van der Waals surface area contributed by atoms with Gasteiger partial charge in [-0.25, -0.2) is 19.7 Å². The van der Waals surface area contributed by atoms with Crippen molar-refractivity contribution in [1.82, 2.24) is 19.9 Å². The highest BCUT2D eigenvalue weighted by Crippen LogP contribution is 2.24. The summed E-state index contributed by atoms with van der Waals surface area (Å²) in [5.41, 5.74) is 0.854. The molecule has 0 aliphatic carbocycles. The van der Waals surface area contributed by atoms with Gasteiger partial charge in [-0.15, -0.1) is 11.3 Å². The van der Waals surface area contributed by atoms with Crippen LogP contribution in [0.15, 0.2) is 47.6 Å². The largest absolute Gasteiger partial charge is 0.459 e. The average molecular weight is 426 g/mol. The summed E-state index contributed by atoms with van der Waals surface area (Å²) in [5, 5.41) is 5.62. The van der Waals surface area contributed by atoms with Crippen LogP contribution >= 0.6 is 11.3 Å². The monoisotopic (exact) mass is 426 g/mol. The van der Waals surface area contributed by atoms with Crippen molar-refractivity contribution >= 4 is 51.1 Å². The number of nitrogens with zero attached hydrogens (tertiary/aromatic N) is 3. The molecule has 4 aromatic rings. The van der Waals surface area contributed by atoms with E-state index >= 15 is 0 Å². The van der Waals surface area contributed by atoms with Crippen molar-refractivity contribution in [2.24, 2.45) is 0 Å². The maximum atomic E-state index is 12.4. The van der Waals surface area contributed by atoms with Crippen LogP contribution in [0, 0.1) is 0 Å². The van der Waals surface area contributed by atoms with Crippen LogP contribution in [0.1, 0.15) is 27.2 Å². The number of hydrogen-bond acceptors (Lipinski definition) is 9. The minimum Gasteiger partial charge on any atom is -0.459 e. The van der Waals surface area contributed by atoms with Crippen LogP contribution in [0.2, 0.25) is 0 Å². The Hall–Kier alpha value is -4.06. The van der Waals surface area contributed by atoms with Crippen LogP contribution in [-0.4, -0.2) is 43.8 Å². The summed E-state index contributed by atoms with van der Waals surface area (Å²) in [4.78, 5) is 51.7. The zero-order chi connectivity index (χ0) is 21.1. The number of aromatic amines is 1. The predicted molar refractivity (Wildman–Crippen MR) is 106 cm³/mol. The molecule has 1 atom stereocenters. The highest BCUT2D eigenvalue weighted by Gasteiger charge is 2.22. The molecule has 30 heavy (non-hydrogen) atoms. The number of thiophene rings is 1. The lowest BCUT2D eigenvalue weighted by molar-refractivity contribution is -0.123. The van der Waals surface area contributed by atoms with Gasteiger partial charge in [0.25, 0.3) is 11.8 Å². The van der Waals surface area contributed by atoms with Gasteiger partial charge in [0.1, 0.15) is 16.7 Å². The normalized spacial score (nSPS) is 11.8. The Kier molecular flexibility index (Phi) is 5.22. The van der Waals surface area contributed by atoms with Gasteiger partial charge in [-0.3, -0.25) is 9.59 Å². The lowest BCUT2D eigenvalue weighted by Crippen LogP contribution is -2.30. The van der Waals surface area contributed by atoms with Crippen molar-refractivity contribution in [2.75, 3.05) is 10.6 Å². The molecule has 2 amide bonds. The number of furan rings is 1. The quantitative estimate of drug-likeness (QED) is 0.398. The van der Waals surface area contributed by atoms with Crippen molar-refractivity contribution < 1.29 is 23.5 Å². The average Bonchev–Trinajstić information content (AvgIpc) is 3.48. The van der Waals surface area contributed by atoms with E-state index in [4.69, 9.17) is 9.15 Å². The van der Waals surface area contributed by atoms with Crippen LogP contribution in [0.4, 0.5) is 10.8 Å². The summed E-state index contributed by atoms with van der Waals surface area (Å²) < 4.78 is 10.2. The van der Waals surface area contributed by atoms with E-state index in [1.807, 2.05) is 0 Å². The lowest BCUT2D eigenvalue weighted by Gasteiger charge is -2.12. The number of aromatic nitrogens is 4. The molecule has 0 aliphatic heterocycles. The summed E-state index contributed by atoms with van der Waals surface area (Å²) in [7, 11) is 0. The van der Waals surface area contributed by atoms with Crippen molar-refractivity contribution in [1.29, 1.82) is 0 Å². The van der Waals surface area contributed by atoms with Crippen LogP contribution < -0.4 is 10.6 Å². The van der Waals surface area contributed by atoms with Crippen LogP contribution in [0.5, 0.6) is 0 Å². The van der Waals surface area contributed by atoms with Crippen LogP contribution in [-0.2, 0) is 9.53 Å². The number of carbonyl (C=O) groups excluding carboxylic acids is 3. The minimum absolute atomic E-state index is 0.147. The molecule has 0 saturated carbocycles. The van der Waals surface area contributed by atoms with Gasteiger partial charge in [0, 0.05) is 0 Å². The van der Waals surface area contributed by atoms with Gasteiger partial charge >= 0.3 is 5.97 Å². The maximum Gasteiger partial charge on any atom is 0.349 e. The number of imidazole rings is 1. The minimum atomic E-state index is -1.09. The highest BCUT2D eigenvalue weighted by atomic mass is 32.1. The number of hydrogen-bond donors (Lipinski definition) is 3. The molecule has 0 spiro atoms. The smallest absolute Gasteiger partial charge is 0.349 e. The Labute approximate surface area is 172 Å². The fourth-order valence-corrected chi connectivity index (χ4v) is 3.23. The topological polar surface area (TPSA) is 152 Å². The van der Waals surface area contributed by atoms with Crippen molar-refractivity contribution in [2.45, 2.75) is 13.0 Å². The molecule has 0 aliphatic rings. The zero-order valence-corrected chi connectivity index (χ0v) is 16.2. The number of rotatable bonds is 6. The molecule has 1 unspecified atom stereocenters. The number of fused-ring (bicyclic) bond motifs is 1. The van der Waals surface area contributed by atoms with E-state index in [-0.39, 0.29) is 16.5 Å². The van der Waals surface area contributed by atoms with E-state index in [1.165, 1.54) is 38.0 Å². The number of nitrogens with one attached hydrogen (secondary N) is 3.